The van der Waals surface area contributed by atoms with E-state index in [2.05, 4.69) is 0 Å². The molecule has 0 bridgehead atoms. The van der Waals surface area contributed by atoms with E-state index in [1.807, 2.05) is 0 Å². The van der Waals surface area contributed by atoms with Crippen LogP contribution in [0.15, 0.2) is 182 Å². The van der Waals surface area contributed by atoms with Gasteiger partial charge in [-0.3, -0.25) is 5.41 Å². The highest BCUT2D eigenvalue weighted by Crippen LogP contribution is 2.36. The molecule has 1 fully saturated rings. The standard InChI is InChI=1S/C55H46Cl3NO16/c56-55(57,58)54(59)75-53-45(71-48(62)39-27-15-5-16-28-39)43(42(70-47(61)38-25-13-4-14-26-38)44(74-53)50(64)67-32-36-21-9-2-10-22-36)73-52(69-34-41(60)66-31-35-19-7-1-8-20-35)46(72-49(63)40-29-17-6-18-30-40)51(65)68-33-37-23-11-3-12-24-37/h1-30,42-46,52-53,59H,31-34H2/t42-,43-,44-,45+,46?,52?,53+/m0/s1. The minimum atomic E-state index is -2.61. The average molecular weight is 1080 g/mol. The normalized spacial score (nSPS) is 17.9. The van der Waals surface area contributed by atoms with Gasteiger partial charge < -0.3 is 47.4 Å². The molecule has 6 aromatic carbocycles. The number of hydrogen-bond donors (Lipinski definition) is 1. The van der Waals surface area contributed by atoms with E-state index in [-0.39, 0.29) is 36.5 Å². The second-order valence-electron chi connectivity index (χ2n) is 16.1. The number of carbonyl (C=O) groups excluding carboxylic acids is 6. The average Bonchev–Trinajstić information content (AvgIpc) is 3.44. The maximum atomic E-state index is 14.6. The number of nitrogens with one attached hydrogen (secondary N) is 1. The van der Waals surface area contributed by atoms with Gasteiger partial charge in [-0.05, 0) is 53.1 Å². The maximum Gasteiger partial charge on any atom is 0.353 e. The van der Waals surface area contributed by atoms with Gasteiger partial charge in [0.05, 0.1) is 16.7 Å². The van der Waals surface area contributed by atoms with Crippen molar-refractivity contribution in [3.8, 4) is 0 Å². The predicted octanol–water partition coefficient (Wildman–Crippen LogP) is 8.71. The molecule has 0 saturated carbocycles. The summed E-state index contributed by atoms with van der Waals surface area (Å²) in [5.41, 5.74) is 1.42. The minimum absolute atomic E-state index is 0.0602. The van der Waals surface area contributed by atoms with Crippen molar-refractivity contribution < 1.29 is 76.1 Å². The summed E-state index contributed by atoms with van der Waals surface area (Å²) in [4.78, 5) is 85.2. The van der Waals surface area contributed by atoms with Crippen LogP contribution in [0.3, 0.4) is 0 Å². The van der Waals surface area contributed by atoms with E-state index >= 15 is 0 Å². The van der Waals surface area contributed by atoms with Crippen LogP contribution in [0.4, 0.5) is 0 Å². The quantitative estimate of drug-likeness (QED) is 0.0178. The molecule has 1 aliphatic heterocycles. The molecule has 6 aromatic rings. The molecule has 1 aliphatic rings. The van der Waals surface area contributed by atoms with Crippen LogP contribution in [0.2, 0.25) is 0 Å². The Labute approximate surface area is 444 Å². The molecular weight excluding hydrogens is 1040 g/mol. The Morgan fingerprint density at radius 1 is 0.507 bits per heavy atom. The van der Waals surface area contributed by atoms with E-state index in [4.69, 9.17) is 87.6 Å². The Hall–Kier alpha value is -7.64. The second kappa shape index (κ2) is 27.1. The van der Waals surface area contributed by atoms with Crippen LogP contribution in [-0.4, -0.2) is 95.2 Å². The smallest absolute Gasteiger partial charge is 0.353 e. The van der Waals surface area contributed by atoms with Crippen molar-refractivity contribution in [3.05, 3.63) is 215 Å². The molecule has 0 amide bonds. The largest absolute Gasteiger partial charge is 0.459 e. The fraction of sp³-hybridized carbons (Fsp3) is 0.218. The molecule has 17 nitrogen and oxygen atoms in total. The van der Waals surface area contributed by atoms with Gasteiger partial charge in [0.15, 0.2) is 18.3 Å². The first-order valence-corrected chi connectivity index (χ1v) is 24.0. The Morgan fingerprint density at radius 2 is 0.920 bits per heavy atom. The molecule has 1 saturated heterocycles. The third-order valence-electron chi connectivity index (χ3n) is 10.8. The van der Waals surface area contributed by atoms with Gasteiger partial charge in [-0.25, -0.2) is 28.8 Å². The van der Waals surface area contributed by atoms with E-state index < -0.39 is 95.2 Å². The Balaban J connectivity index is 1.37. The van der Waals surface area contributed by atoms with Gasteiger partial charge in [0.25, 0.3) is 3.79 Å². The molecule has 0 radical (unpaired) electrons. The third-order valence-corrected chi connectivity index (χ3v) is 11.3. The summed E-state index contributed by atoms with van der Waals surface area (Å²) in [5, 5.41) is 8.60. The van der Waals surface area contributed by atoms with E-state index in [1.165, 1.54) is 72.8 Å². The van der Waals surface area contributed by atoms with Crippen molar-refractivity contribution in [1.82, 2.24) is 0 Å². The number of ether oxygens (including phenoxy) is 10. The van der Waals surface area contributed by atoms with Crippen molar-refractivity contribution in [2.75, 3.05) is 6.61 Å². The van der Waals surface area contributed by atoms with E-state index in [1.54, 1.807) is 109 Å². The van der Waals surface area contributed by atoms with Crippen molar-refractivity contribution in [1.29, 1.82) is 5.41 Å². The van der Waals surface area contributed by atoms with E-state index in [9.17, 15) is 28.8 Å². The topological polar surface area (TPSA) is 219 Å². The minimum Gasteiger partial charge on any atom is -0.459 e. The zero-order chi connectivity index (χ0) is 53.2. The fourth-order valence-corrected chi connectivity index (χ4v) is 7.23. The van der Waals surface area contributed by atoms with Crippen molar-refractivity contribution >= 4 is 76.5 Å². The van der Waals surface area contributed by atoms with Crippen LogP contribution in [0.25, 0.3) is 0 Å². The van der Waals surface area contributed by atoms with Crippen molar-refractivity contribution in [2.24, 2.45) is 0 Å². The third kappa shape index (κ3) is 16.2. The highest BCUT2D eigenvalue weighted by molar-refractivity contribution is 6.76. The van der Waals surface area contributed by atoms with Crippen LogP contribution in [0, 0.1) is 5.41 Å². The monoisotopic (exact) mass is 1080 g/mol. The van der Waals surface area contributed by atoms with Gasteiger partial charge in [0, 0.05) is 0 Å². The van der Waals surface area contributed by atoms with Crippen LogP contribution in [0.1, 0.15) is 47.8 Å². The molecule has 2 unspecified atom stereocenters. The zero-order valence-electron chi connectivity index (χ0n) is 39.4. The maximum absolute atomic E-state index is 14.6. The van der Waals surface area contributed by atoms with Gasteiger partial charge in [0.1, 0.15) is 32.5 Å². The first kappa shape index (κ1) is 55.1. The number of benzene rings is 6. The second-order valence-corrected chi connectivity index (χ2v) is 18.4. The van der Waals surface area contributed by atoms with Crippen molar-refractivity contribution in [2.45, 2.75) is 66.7 Å². The van der Waals surface area contributed by atoms with Crippen LogP contribution < -0.4 is 0 Å². The molecule has 20 heteroatoms. The first-order valence-electron chi connectivity index (χ1n) is 22.9. The first-order chi connectivity index (χ1) is 36.2. The Bertz CT molecular complexity index is 2850. The molecule has 7 atom stereocenters. The summed E-state index contributed by atoms with van der Waals surface area (Å²) in [7, 11) is 0. The van der Waals surface area contributed by atoms with Gasteiger partial charge >= 0.3 is 35.8 Å². The van der Waals surface area contributed by atoms with E-state index in [0.717, 1.165) is 0 Å². The number of halogens is 3. The zero-order valence-corrected chi connectivity index (χ0v) is 41.6. The van der Waals surface area contributed by atoms with Crippen LogP contribution >= 0.6 is 34.8 Å². The number of rotatable bonds is 21. The lowest BCUT2D eigenvalue weighted by molar-refractivity contribution is -0.315. The molecule has 0 spiro atoms. The Kier molecular flexibility index (Phi) is 19.9. The molecule has 1 N–H and O–H groups in total. The van der Waals surface area contributed by atoms with Crippen LogP contribution in [0.5, 0.6) is 0 Å². The van der Waals surface area contributed by atoms with Gasteiger partial charge in [-0.2, -0.15) is 0 Å². The Morgan fingerprint density at radius 3 is 1.39 bits per heavy atom. The van der Waals surface area contributed by atoms with Gasteiger partial charge in [0.2, 0.25) is 24.6 Å². The predicted molar refractivity (Wildman–Crippen MR) is 268 cm³/mol. The summed E-state index contributed by atoms with van der Waals surface area (Å²) in [5.74, 6) is -8.02. The molecule has 1 heterocycles. The molecule has 7 rings (SSSR count). The summed E-state index contributed by atoms with van der Waals surface area (Å²) in [6.45, 7) is -2.01. The van der Waals surface area contributed by atoms with Gasteiger partial charge in [-0.15, -0.1) is 0 Å². The lowest BCUT2D eigenvalue weighted by Gasteiger charge is -2.45. The SMILES string of the molecule is N=C(O[C@H]1O[C@H](C(=O)OCc2ccccc2)[C@@H](OC(=O)c2ccccc2)[C@H](OC(OCC(=O)OCc2ccccc2)C(OC(=O)c2ccccc2)C(=O)OCc2ccccc2)[C@H]1OC(=O)c1ccccc1)C(Cl)(Cl)Cl. The lowest BCUT2D eigenvalue weighted by Crippen LogP contribution is -2.65. The fourth-order valence-electron chi connectivity index (χ4n) is 7.10. The number of hydrogen-bond acceptors (Lipinski definition) is 17. The van der Waals surface area contributed by atoms with Crippen molar-refractivity contribution in [3.63, 3.8) is 0 Å². The van der Waals surface area contributed by atoms with Gasteiger partial charge in [-0.1, -0.05) is 180 Å². The highest BCUT2D eigenvalue weighted by Gasteiger charge is 2.58. The van der Waals surface area contributed by atoms with E-state index in [0.29, 0.717) is 16.7 Å². The molecule has 75 heavy (non-hydrogen) atoms. The number of carbonyl (C=O) groups is 6. The molecule has 0 aromatic heterocycles. The summed E-state index contributed by atoms with van der Waals surface area (Å²) >= 11 is 18.3. The molecule has 0 aliphatic carbocycles. The summed E-state index contributed by atoms with van der Waals surface area (Å²) in [6, 6.07) is 47.8. The summed E-state index contributed by atoms with van der Waals surface area (Å²) < 4.78 is 56.8. The molecular formula is C55H46Cl3NO16. The summed E-state index contributed by atoms with van der Waals surface area (Å²) in [6.07, 6.45) is -15.5. The highest BCUT2D eigenvalue weighted by atomic mass is 35.6. The lowest BCUT2D eigenvalue weighted by atomic mass is 9.97. The van der Waals surface area contributed by atoms with Crippen LogP contribution in [-0.2, 0) is 81.6 Å². The molecule has 388 valence electrons. The number of alkyl halides is 3. The number of esters is 6.